The van der Waals surface area contributed by atoms with E-state index in [0.29, 0.717) is 17.0 Å². The molecule has 0 fully saturated rings. The Balaban J connectivity index is 1.46. The summed E-state index contributed by atoms with van der Waals surface area (Å²) in [6.45, 7) is 1.38. The lowest BCUT2D eigenvalue weighted by Crippen LogP contribution is -2.47. The number of para-hydroxylation sites is 2. The third-order valence-electron chi connectivity index (χ3n) is 4.36. The Labute approximate surface area is 172 Å². The predicted octanol–water partition coefficient (Wildman–Crippen LogP) is 1.19. The normalized spacial score (nSPS) is 13.5. The van der Waals surface area contributed by atoms with Crippen molar-refractivity contribution in [3.8, 4) is 5.75 Å². The zero-order valence-corrected chi connectivity index (χ0v) is 16.3. The number of carbonyl (C=O) groups is 4. The number of benzene rings is 2. The fourth-order valence-electron chi connectivity index (χ4n) is 2.79. The summed E-state index contributed by atoms with van der Waals surface area (Å²) in [5.41, 5.74) is 5.42. The molecule has 1 heterocycles. The number of nitrogens with zero attached hydrogens (tertiary/aromatic N) is 1. The third kappa shape index (κ3) is 5.13. The topological polar surface area (TPSA) is 114 Å². The second-order valence-corrected chi connectivity index (χ2v) is 6.49. The van der Waals surface area contributed by atoms with Gasteiger partial charge in [-0.15, -0.1) is 0 Å². The Morgan fingerprint density at radius 1 is 1.07 bits per heavy atom. The van der Waals surface area contributed by atoms with Crippen LogP contribution in [0.4, 0.5) is 5.69 Å². The van der Waals surface area contributed by atoms with E-state index in [1.54, 1.807) is 54.6 Å². The highest BCUT2D eigenvalue weighted by Gasteiger charge is 2.26. The van der Waals surface area contributed by atoms with Crippen LogP contribution in [-0.2, 0) is 19.1 Å². The van der Waals surface area contributed by atoms with Gasteiger partial charge in [-0.25, -0.2) is 0 Å². The number of hydrogen-bond donors (Lipinski definition) is 2. The van der Waals surface area contributed by atoms with E-state index >= 15 is 0 Å². The Kier molecular flexibility index (Phi) is 6.63. The lowest BCUT2D eigenvalue weighted by Gasteiger charge is -2.29. The number of hydrazine groups is 1. The van der Waals surface area contributed by atoms with Crippen molar-refractivity contribution < 1.29 is 28.7 Å². The molecule has 1 atom stereocenters. The Bertz CT molecular complexity index is 947. The smallest absolute Gasteiger partial charge is 0.308 e. The second kappa shape index (κ2) is 9.55. The van der Waals surface area contributed by atoms with Gasteiger partial charge in [0, 0.05) is 12.1 Å². The minimum atomic E-state index is -1.12. The SMILES string of the molecule is C[C@@H](OC(=O)CCN1C(=O)COc2ccccc21)C(=O)NNC(=O)c1ccccc1. The van der Waals surface area contributed by atoms with Gasteiger partial charge in [0.25, 0.3) is 17.7 Å². The molecule has 9 heteroatoms. The summed E-state index contributed by atoms with van der Waals surface area (Å²) < 4.78 is 10.4. The van der Waals surface area contributed by atoms with Crippen LogP contribution >= 0.6 is 0 Å². The van der Waals surface area contributed by atoms with Crippen molar-refractivity contribution in [2.45, 2.75) is 19.4 Å². The van der Waals surface area contributed by atoms with Crippen LogP contribution in [0.5, 0.6) is 5.75 Å². The highest BCUT2D eigenvalue weighted by molar-refractivity contribution is 5.98. The molecule has 0 radical (unpaired) electrons. The molecule has 1 aliphatic heterocycles. The summed E-state index contributed by atoms with van der Waals surface area (Å²) in [6.07, 6.45) is -1.23. The molecule has 0 unspecified atom stereocenters. The van der Waals surface area contributed by atoms with E-state index in [2.05, 4.69) is 10.9 Å². The molecule has 3 amide bonds. The molecule has 1 aliphatic rings. The van der Waals surface area contributed by atoms with Crippen molar-refractivity contribution in [1.29, 1.82) is 0 Å². The summed E-state index contributed by atoms with van der Waals surface area (Å²) in [5, 5.41) is 0. The Hall–Kier alpha value is -3.88. The number of fused-ring (bicyclic) bond motifs is 1. The largest absolute Gasteiger partial charge is 0.482 e. The number of ether oxygens (including phenoxy) is 2. The van der Waals surface area contributed by atoms with Crippen molar-refractivity contribution >= 4 is 29.4 Å². The molecule has 0 aromatic heterocycles. The predicted molar refractivity (Wildman–Crippen MR) is 107 cm³/mol. The molecule has 0 saturated carbocycles. The highest BCUT2D eigenvalue weighted by Crippen LogP contribution is 2.31. The summed E-state index contributed by atoms with van der Waals surface area (Å²) in [5.74, 6) is -1.53. The first-order chi connectivity index (χ1) is 14.5. The van der Waals surface area contributed by atoms with E-state index in [9.17, 15) is 19.2 Å². The van der Waals surface area contributed by atoms with Gasteiger partial charge >= 0.3 is 5.97 Å². The van der Waals surface area contributed by atoms with E-state index in [4.69, 9.17) is 9.47 Å². The van der Waals surface area contributed by atoms with Crippen molar-refractivity contribution in [2.75, 3.05) is 18.1 Å². The van der Waals surface area contributed by atoms with Crippen LogP contribution in [0, 0.1) is 0 Å². The number of rotatable bonds is 6. The molecule has 0 aliphatic carbocycles. The minimum absolute atomic E-state index is 0.0944. The highest BCUT2D eigenvalue weighted by atomic mass is 16.5. The molecule has 0 spiro atoms. The second-order valence-electron chi connectivity index (χ2n) is 6.49. The molecule has 3 rings (SSSR count). The average molecular weight is 411 g/mol. The van der Waals surface area contributed by atoms with E-state index in [1.165, 1.54) is 11.8 Å². The zero-order valence-electron chi connectivity index (χ0n) is 16.3. The van der Waals surface area contributed by atoms with Crippen molar-refractivity contribution in [3.63, 3.8) is 0 Å². The molecule has 9 nitrogen and oxygen atoms in total. The Morgan fingerprint density at radius 3 is 2.53 bits per heavy atom. The van der Waals surface area contributed by atoms with Crippen LogP contribution in [0.15, 0.2) is 54.6 Å². The number of esters is 1. The van der Waals surface area contributed by atoms with Gasteiger partial charge in [-0.3, -0.25) is 30.0 Å². The van der Waals surface area contributed by atoms with Crippen LogP contribution in [0.2, 0.25) is 0 Å². The third-order valence-corrected chi connectivity index (χ3v) is 4.36. The van der Waals surface area contributed by atoms with Gasteiger partial charge < -0.3 is 14.4 Å². The molecule has 2 aromatic rings. The minimum Gasteiger partial charge on any atom is -0.482 e. The molecular formula is C21H21N3O6. The standard InChI is InChI=1S/C21H21N3O6/c1-14(20(27)22-23-21(28)15-7-3-2-4-8-15)30-19(26)11-12-24-16-9-5-6-10-17(16)29-13-18(24)25/h2-10,14H,11-13H2,1H3,(H,22,27)(H,23,28)/t14-/m1/s1. The maximum Gasteiger partial charge on any atom is 0.308 e. The molecular weight excluding hydrogens is 390 g/mol. The molecule has 0 saturated heterocycles. The number of carbonyl (C=O) groups excluding carboxylic acids is 4. The maximum atomic E-state index is 12.1. The van der Waals surface area contributed by atoms with Gasteiger partial charge in [-0.1, -0.05) is 30.3 Å². The lowest BCUT2D eigenvalue weighted by molar-refractivity contribution is -0.154. The van der Waals surface area contributed by atoms with Crippen LogP contribution in [0.3, 0.4) is 0 Å². The van der Waals surface area contributed by atoms with Crippen molar-refractivity contribution in [3.05, 3.63) is 60.2 Å². The fraction of sp³-hybridized carbons (Fsp3) is 0.238. The monoisotopic (exact) mass is 411 g/mol. The van der Waals surface area contributed by atoms with Gasteiger partial charge in [0.1, 0.15) is 5.75 Å². The number of nitrogens with one attached hydrogen (secondary N) is 2. The molecule has 156 valence electrons. The lowest BCUT2D eigenvalue weighted by atomic mass is 10.2. The molecule has 2 aromatic carbocycles. The first kappa shape index (κ1) is 20.8. The van der Waals surface area contributed by atoms with Gasteiger partial charge in [-0.05, 0) is 31.2 Å². The molecule has 0 bridgehead atoms. The van der Waals surface area contributed by atoms with Gasteiger partial charge in [-0.2, -0.15) is 0 Å². The molecule has 2 N–H and O–H groups in total. The van der Waals surface area contributed by atoms with Crippen LogP contribution in [0.1, 0.15) is 23.7 Å². The number of anilines is 1. The fourth-order valence-corrected chi connectivity index (χ4v) is 2.79. The summed E-state index contributed by atoms with van der Waals surface area (Å²) in [6, 6.07) is 15.4. The van der Waals surface area contributed by atoms with Gasteiger partial charge in [0.2, 0.25) is 0 Å². The quantitative estimate of drug-likeness (QED) is 0.545. The van der Waals surface area contributed by atoms with Gasteiger partial charge in [0.15, 0.2) is 12.7 Å². The Morgan fingerprint density at radius 2 is 1.77 bits per heavy atom. The summed E-state index contributed by atoms with van der Waals surface area (Å²) in [4.78, 5) is 49.7. The maximum absolute atomic E-state index is 12.1. The van der Waals surface area contributed by atoms with E-state index in [-0.39, 0.29) is 25.5 Å². The zero-order chi connectivity index (χ0) is 21.5. The summed E-state index contributed by atoms with van der Waals surface area (Å²) >= 11 is 0. The van der Waals surface area contributed by atoms with Crippen molar-refractivity contribution in [2.24, 2.45) is 0 Å². The van der Waals surface area contributed by atoms with Gasteiger partial charge in [0.05, 0.1) is 12.1 Å². The van der Waals surface area contributed by atoms with E-state index in [0.717, 1.165) is 0 Å². The van der Waals surface area contributed by atoms with Crippen LogP contribution in [-0.4, -0.2) is 42.9 Å². The average Bonchev–Trinajstić information content (AvgIpc) is 2.77. The van der Waals surface area contributed by atoms with E-state index < -0.39 is 23.9 Å². The first-order valence-corrected chi connectivity index (χ1v) is 9.32. The van der Waals surface area contributed by atoms with Crippen molar-refractivity contribution in [1.82, 2.24) is 10.9 Å². The molecule has 30 heavy (non-hydrogen) atoms. The van der Waals surface area contributed by atoms with E-state index in [1.807, 2.05) is 0 Å². The first-order valence-electron chi connectivity index (χ1n) is 9.32. The number of amides is 3. The number of hydrogen-bond acceptors (Lipinski definition) is 6. The summed E-state index contributed by atoms with van der Waals surface area (Å²) in [7, 11) is 0. The van der Waals surface area contributed by atoms with Crippen LogP contribution in [0.25, 0.3) is 0 Å². The van der Waals surface area contributed by atoms with Crippen LogP contribution < -0.4 is 20.5 Å².